The van der Waals surface area contributed by atoms with E-state index in [9.17, 15) is 0 Å². The Morgan fingerprint density at radius 3 is 2.58 bits per heavy atom. The second-order valence-electron chi connectivity index (χ2n) is 2.31. The molecule has 1 aromatic rings. The predicted molar refractivity (Wildman–Crippen MR) is 49.0 cm³/mol. The maximum Gasteiger partial charge on any atom is 0.138 e. The minimum absolute atomic E-state index is 1.03. The van der Waals surface area contributed by atoms with Gasteiger partial charge in [-0.3, -0.25) is 5.43 Å². The Morgan fingerprint density at radius 2 is 1.92 bits per heavy atom. The summed E-state index contributed by atoms with van der Waals surface area (Å²) in [6, 6.07) is 9.88. The normalized spacial score (nSPS) is 14.5. The third-order valence-electron chi connectivity index (χ3n) is 1.52. The van der Waals surface area contributed by atoms with Gasteiger partial charge < -0.3 is 0 Å². The van der Waals surface area contributed by atoms with Gasteiger partial charge in [0.1, 0.15) is 12.7 Å². The Labute approximate surface area is 70.2 Å². The standard InChI is InChI=1S/C8H8N4/c1-2-4-8(5-3-1)12-7-10-9-6-11-12/h1-7H,(H,9,11). The number of rotatable bonds is 1. The molecule has 0 saturated heterocycles. The zero-order chi connectivity index (χ0) is 8.23. The van der Waals surface area contributed by atoms with E-state index in [0.717, 1.165) is 5.69 Å². The van der Waals surface area contributed by atoms with Crippen molar-refractivity contribution < 1.29 is 0 Å². The third kappa shape index (κ3) is 1.27. The van der Waals surface area contributed by atoms with Gasteiger partial charge in [0, 0.05) is 0 Å². The summed E-state index contributed by atoms with van der Waals surface area (Å²) < 4.78 is 0. The molecular formula is C8H8N4. The van der Waals surface area contributed by atoms with Crippen molar-refractivity contribution >= 4 is 18.4 Å². The first kappa shape index (κ1) is 6.84. The molecule has 1 aliphatic heterocycles. The zero-order valence-electron chi connectivity index (χ0n) is 6.38. The van der Waals surface area contributed by atoms with E-state index in [4.69, 9.17) is 0 Å². The highest BCUT2D eigenvalue weighted by Crippen LogP contribution is 2.09. The van der Waals surface area contributed by atoms with Crippen LogP contribution in [0.5, 0.6) is 0 Å². The maximum absolute atomic E-state index is 3.74. The fraction of sp³-hybridized carbons (Fsp3) is 0. The Hall–Kier alpha value is -1.84. The van der Waals surface area contributed by atoms with Crippen LogP contribution in [0.25, 0.3) is 0 Å². The average molecular weight is 160 g/mol. The lowest BCUT2D eigenvalue weighted by Crippen LogP contribution is -2.37. The zero-order valence-corrected chi connectivity index (χ0v) is 6.38. The fourth-order valence-electron chi connectivity index (χ4n) is 0.966. The van der Waals surface area contributed by atoms with Crippen molar-refractivity contribution in [3.63, 3.8) is 0 Å². The van der Waals surface area contributed by atoms with Crippen molar-refractivity contribution in [1.82, 2.24) is 5.43 Å². The van der Waals surface area contributed by atoms with E-state index in [1.54, 1.807) is 11.3 Å². The van der Waals surface area contributed by atoms with Gasteiger partial charge in [0.2, 0.25) is 0 Å². The molecule has 0 atom stereocenters. The van der Waals surface area contributed by atoms with Gasteiger partial charge in [-0.05, 0) is 12.1 Å². The first-order chi connectivity index (χ1) is 5.97. The number of hydrogen-bond donors (Lipinski definition) is 1. The second-order valence-corrected chi connectivity index (χ2v) is 2.31. The minimum atomic E-state index is 1.03. The molecule has 4 heteroatoms. The van der Waals surface area contributed by atoms with Crippen LogP contribution in [0.15, 0.2) is 40.5 Å². The molecule has 0 aromatic heterocycles. The van der Waals surface area contributed by atoms with Gasteiger partial charge in [0.25, 0.3) is 0 Å². The van der Waals surface area contributed by atoms with E-state index in [1.165, 1.54) is 6.34 Å². The van der Waals surface area contributed by atoms with E-state index in [0.29, 0.717) is 0 Å². The van der Waals surface area contributed by atoms with Crippen LogP contribution >= 0.6 is 0 Å². The van der Waals surface area contributed by atoms with Crippen molar-refractivity contribution in [3.05, 3.63) is 30.3 Å². The molecule has 2 rings (SSSR count). The molecule has 0 bridgehead atoms. The van der Waals surface area contributed by atoms with Crippen LogP contribution in [0.1, 0.15) is 0 Å². The van der Waals surface area contributed by atoms with Crippen LogP contribution in [0.3, 0.4) is 0 Å². The molecule has 1 N–H and O–H groups in total. The van der Waals surface area contributed by atoms with Gasteiger partial charge in [-0.25, -0.2) is 5.01 Å². The number of hydrazine groups is 1. The van der Waals surface area contributed by atoms with E-state index in [-0.39, 0.29) is 0 Å². The van der Waals surface area contributed by atoms with Gasteiger partial charge in [-0.2, -0.15) is 0 Å². The van der Waals surface area contributed by atoms with Crippen molar-refractivity contribution in [2.75, 3.05) is 5.01 Å². The van der Waals surface area contributed by atoms with Gasteiger partial charge in [-0.1, -0.05) is 18.2 Å². The highest BCUT2D eigenvalue weighted by molar-refractivity contribution is 5.83. The molecule has 0 radical (unpaired) electrons. The van der Waals surface area contributed by atoms with Gasteiger partial charge in [-0.15, -0.1) is 10.2 Å². The second kappa shape index (κ2) is 3.04. The molecule has 12 heavy (non-hydrogen) atoms. The lowest BCUT2D eigenvalue weighted by atomic mass is 10.3. The van der Waals surface area contributed by atoms with E-state index in [2.05, 4.69) is 15.6 Å². The Bertz CT molecular complexity index is 304. The molecule has 60 valence electrons. The molecule has 4 nitrogen and oxygen atoms in total. The molecule has 1 aromatic carbocycles. The van der Waals surface area contributed by atoms with Crippen LogP contribution < -0.4 is 10.4 Å². The highest BCUT2D eigenvalue weighted by Gasteiger charge is 2.01. The SMILES string of the molecule is C1=NN=CN(c2ccccc2)N1. The highest BCUT2D eigenvalue weighted by atomic mass is 15.6. The first-order valence-electron chi connectivity index (χ1n) is 3.62. The van der Waals surface area contributed by atoms with E-state index in [1.807, 2.05) is 30.3 Å². The molecule has 0 amide bonds. The number of hydrogen-bond acceptors (Lipinski definition) is 4. The number of benzene rings is 1. The van der Waals surface area contributed by atoms with Crippen molar-refractivity contribution in [2.45, 2.75) is 0 Å². The summed E-state index contributed by atoms with van der Waals surface area (Å²) in [6.07, 6.45) is 3.16. The molecule has 1 heterocycles. The smallest absolute Gasteiger partial charge is 0.138 e. The van der Waals surface area contributed by atoms with Crippen LogP contribution in [-0.4, -0.2) is 12.7 Å². The minimum Gasteiger partial charge on any atom is -0.281 e. The summed E-state index contributed by atoms with van der Waals surface area (Å²) in [5, 5.41) is 9.17. The van der Waals surface area contributed by atoms with Gasteiger partial charge in [0.05, 0.1) is 5.69 Å². The topological polar surface area (TPSA) is 40.0 Å². The largest absolute Gasteiger partial charge is 0.281 e. The summed E-state index contributed by atoms with van der Waals surface area (Å²) in [5.74, 6) is 0. The van der Waals surface area contributed by atoms with Crippen molar-refractivity contribution in [3.8, 4) is 0 Å². The predicted octanol–water partition coefficient (Wildman–Crippen LogP) is 0.983. The van der Waals surface area contributed by atoms with Crippen LogP contribution in [0.2, 0.25) is 0 Å². The molecule has 0 fully saturated rings. The monoisotopic (exact) mass is 160 g/mol. The maximum atomic E-state index is 3.74. The van der Waals surface area contributed by atoms with Gasteiger partial charge in [0.15, 0.2) is 0 Å². The molecule has 0 aliphatic carbocycles. The van der Waals surface area contributed by atoms with Crippen LogP contribution in [-0.2, 0) is 0 Å². The Morgan fingerprint density at radius 1 is 1.08 bits per heavy atom. The Balaban J connectivity index is 2.21. The lowest BCUT2D eigenvalue weighted by molar-refractivity contribution is 0.954. The van der Waals surface area contributed by atoms with Crippen molar-refractivity contribution in [2.24, 2.45) is 10.2 Å². The van der Waals surface area contributed by atoms with Crippen LogP contribution in [0, 0.1) is 0 Å². The number of nitrogens with one attached hydrogen (secondary N) is 1. The molecule has 1 aliphatic rings. The van der Waals surface area contributed by atoms with Gasteiger partial charge >= 0.3 is 0 Å². The average Bonchev–Trinajstić information content (AvgIpc) is 2.21. The first-order valence-corrected chi connectivity index (χ1v) is 3.62. The Kier molecular flexibility index (Phi) is 1.74. The third-order valence-corrected chi connectivity index (χ3v) is 1.52. The number of nitrogens with zero attached hydrogens (tertiary/aromatic N) is 3. The lowest BCUT2D eigenvalue weighted by Gasteiger charge is -2.19. The summed E-state index contributed by atoms with van der Waals surface area (Å²) >= 11 is 0. The van der Waals surface area contributed by atoms with E-state index < -0.39 is 0 Å². The number of anilines is 1. The quantitative estimate of drug-likeness (QED) is 0.665. The summed E-state index contributed by atoms with van der Waals surface area (Å²) in [4.78, 5) is 0. The van der Waals surface area contributed by atoms with Crippen molar-refractivity contribution in [1.29, 1.82) is 0 Å². The summed E-state index contributed by atoms with van der Waals surface area (Å²) in [6.45, 7) is 0. The molecule has 0 spiro atoms. The number of para-hydroxylation sites is 1. The molecule has 0 saturated carbocycles. The molecule has 0 unspecified atom stereocenters. The van der Waals surface area contributed by atoms with E-state index >= 15 is 0 Å². The van der Waals surface area contributed by atoms with Crippen LogP contribution in [0.4, 0.5) is 5.69 Å². The summed E-state index contributed by atoms with van der Waals surface area (Å²) in [5.41, 5.74) is 3.96. The molecular weight excluding hydrogens is 152 g/mol. The fourth-order valence-corrected chi connectivity index (χ4v) is 0.966. The summed E-state index contributed by atoms with van der Waals surface area (Å²) in [7, 11) is 0.